The van der Waals surface area contributed by atoms with Crippen LogP contribution in [0.1, 0.15) is 34.5 Å². The molecule has 0 saturated heterocycles. The number of carbonyl (C=O) groups excluding carboxylic acids is 1. The Morgan fingerprint density at radius 1 is 1.08 bits per heavy atom. The maximum absolute atomic E-state index is 13.7. The Hall–Kier alpha value is -2.27. The number of benzene rings is 2. The SMILES string of the molecule is CCc1ccc(C(CNC(=O)c2c(F)cccc2F)N(C)C)cc1. The molecule has 0 aliphatic carbocycles. The van der Waals surface area contributed by atoms with Crippen LogP contribution < -0.4 is 5.32 Å². The van der Waals surface area contributed by atoms with Crippen molar-refractivity contribution in [3.63, 3.8) is 0 Å². The topological polar surface area (TPSA) is 32.3 Å². The van der Waals surface area contributed by atoms with Crippen molar-refractivity contribution in [3.05, 3.63) is 70.8 Å². The van der Waals surface area contributed by atoms with E-state index in [1.807, 2.05) is 43.3 Å². The van der Waals surface area contributed by atoms with Crippen LogP contribution in [0, 0.1) is 11.6 Å². The van der Waals surface area contributed by atoms with Crippen LogP contribution in [0.5, 0.6) is 0 Å². The third-order valence-corrected chi connectivity index (χ3v) is 4.04. The number of amides is 1. The number of nitrogens with one attached hydrogen (secondary N) is 1. The Kier molecular flexibility index (Phi) is 6.04. The van der Waals surface area contributed by atoms with Gasteiger partial charge in [-0.25, -0.2) is 8.78 Å². The maximum atomic E-state index is 13.7. The van der Waals surface area contributed by atoms with Gasteiger partial charge in [0, 0.05) is 6.54 Å². The molecule has 0 aromatic heterocycles. The first-order chi connectivity index (χ1) is 11.4. The van der Waals surface area contributed by atoms with Gasteiger partial charge in [0.1, 0.15) is 17.2 Å². The van der Waals surface area contributed by atoms with Gasteiger partial charge in [-0.05, 0) is 43.8 Å². The standard InChI is InChI=1S/C19H22F2N2O/c1-4-13-8-10-14(11-9-13)17(23(2)3)12-22-19(24)18-15(20)6-5-7-16(18)21/h5-11,17H,4,12H2,1-3H3,(H,22,24). The molecule has 0 aliphatic rings. The number of likely N-dealkylation sites (N-methyl/N-ethyl adjacent to an activating group) is 1. The molecule has 3 nitrogen and oxygen atoms in total. The molecule has 1 N–H and O–H groups in total. The van der Waals surface area contributed by atoms with Crippen LogP contribution in [0.2, 0.25) is 0 Å². The summed E-state index contributed by atoms with van der Waals surface area (Å²) in [6.07, 6.45) is 0.955. The second kappa shape index (κ2) is 8.02. The molecular weight excluding hydrogens is 310 g/mol. The number of rotatable bonds is 6. The summed E-state index contributed by atoms with van der Waals surface area (Å²) < 4.78 is 27.4. The predicted octanol–water partition coefficient (Wildman–Crippen LogP) is 3.56. The highest BCUT2D eigenvalue weighted by atomic mass is 19.1. The van der Waals surface area contributed by atoms with E-state index in [2.05, 4.69) is 12.2 Å². The lowest BCUT2D eigenvalue weighted by atomic mass is 10.0. The molecule has 0 radical (unpaired) electrons. The molecule has 0 aliphatic heterocycles. The molecule has 0 spiro atoms. The van der Waals surface area contributed by atoms with Crippen molar-refractivity contribution < 1.29 is 13.6 Å². The fourth-order valence-corrected chi connectivity index (χ4v) is 2.57. The zero-order valence-electron chi connectivity index (χ0n) is 14.1. The number of aryl methyl sites for hydroxylation is 1. The number of hydrogen-bond acceptors (Lipinski definition) is 2. The molecule has 1 amide bonds. The Labute approximate surface area is 141 Å². The van der Waals surface area contributed by atoms with Crippen LogP contribution in [0.15, 0.2) is 42.5 Å². The van der Waals surface area contributed by atoms with Gasteiger partial charge in [0.2, 0.25) is 0 Å². The average Bonchev–Trinajstić information content (AvgIpc) is 2.55. The van der Waals surface area contributed by atoms with E-state index >= 15 is 0 Å². The fourth-order valence-electron chi connectivity index (χ4n) is 2.57. The zero-order valence-corrected chi connectivity index (χ0v) is 14.1. The summed E-state index contributed by atoms with van der Waals surface area (Å²) in [5.41, 5.74) is 1.72. The van der Waals surface area contributed by atoms with E-state index in [-0.39, 0.29) is 12.6 Å². The molecule has 0 heterocycles. The number of halogens is 2. The molecule has 2 aromatic carbocycles. The summed E-state index contributed by atoms with van der Waals surface area (Å²) in [5.74, 6) is -2.47. The van der Waals surface area contributed by atoms with E-state index in [9.17, 15) is 13.6 Å². The van der Waals surface area contributed by atoms with E-state index in [0.29, 0.717) is 0 Å². The summed E-state index contributed by atoms with van der Waals surface area (Å²) in [6, 6.07) is 11.4. The lowest BCUT2D eigenvalue weighted by molar-refractivity contribution is 0.0933. The van der Waals surface area contributed by atoms with Crippen molar-refractivity contribution in [1.29, 1.82) is 0 Å². The van der Waals surface area contributed by atoms with Crippen molar-refractivity contribution in [2.45, 2.75) is 19.4 Å². The molecule has 2 rings (SSSR count). The fraction of sp³-hybridized carbons (Fsp3) is 0.316. The van der Waals surface area contributed by atoms with Gasteiger partial charge in [0.05, 0.1) is 6.04 Å². The van der Waals surface area contributed by atoms with Gasteiger partial charge in [0.15, 0.2) is 0 Å². The Balaban J connectivity index is 2.12. The molecule has 24 heavy (non-hydrogen) atoms. The molecule has 5 heteroatoms. The highest BCUT2D eigenvalue weighted by Crippen LogP contribution is 2.19. The average molecular weight is 332 g/mol. The van der Waals surface area contributed by atoms with E-state index < -0.39 is 23.1 Å². The first-order valence-corrected chi connectivity index (χ1v) is 7.91. The van der Waals surface area contributed by atoms with Crippen molar-refractivity contribution in [3.8, 4) is 0 Å². The monoisotopic (exact) mass is 332 g/mol. The lowest BCUT2D eigenvalue weighted by Crippen LogP contribution is -2.35. The smallest absolute Gasteiger partial charge is 0.257 e. The minimum absolute atomic E-state index is 0.0882. The minimum Gasteiger partial charge on any atom is -0.350 e. The third-order valence-electron chi connectivity index (χ3n) is 4.04. The first kappa shape index (κ1) is 18.1. The minimum atomic E-state index is -0.860. The van der Waals surface area contributed by atoms with Crippen molar-refractivity contribution in [2.24, 2.45) is 0 Å². The maximum Gasteiger partial charge on any atom is 0.257 e. The summed E-state index contributed by atoms with van der Waals surface area (Å²) in [5, 5.41) is 2.63. The quantitative estimate of drug-likeness (QED) is 0.877. The number of carbonyl (C=O) groups is 1. The van der Waals surface area contributed by atoms with Crippen molar-refractivity contribution in [2.75, 3.05) is 20.6 Å². The summed E-state index contributed by atoms with van der Waals surface area (Å²) in [4.78, 5) is 14.1. The summed E-state index contributed by atoms with van der Waals surface area (Å²) in [6.45, 7) is 2.34. The molecule has 0 saturated carbocycles. The van der Waals surface area contributed by atoms with E-state index in [4.69, 9.17) is 0 Å². The van der Waals surface area contributed by atoms with Gasteiger partial charge in [-0.1, -0.05) is 37.3 Å². The molecule has 128 valence electrons. The second-order valence-electron chi connectivity index (χ2n) is 5.88. The van der Waals surface area contributed by atoms with Gasteiger partial charge >= 0.3 is 0 Å². The Morgan fingerprint density at radius 2 is 1.67 bits per heavy atom. The van der Waals surface area contributed by atoms with Crippen LogP contribution in [-0.4, -0.2) is 31.4 Å². The van der Waals surface area contributed by atoms with Gasteiger partial charge < -0.3 is 10.2 Å². The largest absolute Gasteiger partial charge is 0.350 e. The van der Waals surface area contributed by atoms with Crippen molar-refractivity contribution >= 4 is 5.91 Å². The molecule has 1 atom stereocenters. The van der Waals surface area contributed by atoms with E-state index in [0.717, 1.165) is 24.1 Å². The lowest BCUT2D eigenvalue weighted by Gasteiger charge is -2.25. The van der Waals surface area contributed by atoms with E-state index in [1.165, 1.54) is 11.6 Å². The van der Waals surface area contributed by atoms with Gasteiger partial charge in [-0.3, -0.25) is 4.79 Å². The zero-order chi connectivity index (χ0) is 17.7. The van der Waals surface area contributed by atoms with Crippen LogP contribution in [0.25, 0.3) is 0 Å². The Morgan fingerprint density at radius 3 is 2.17 bits per heavy atom. The molecule has 0 fully saturated rings. The number of hydrogen-bond donors (Lipinski definition) is 1. The molecule has 2 aromatic rings. The number of nitrogens with zero attached hydrogens (tertiary/aromatic N) is 1. The second-order valence-corrected chi connectivity index (χ2v) is 5.88. The molecular formula is C19H22F2N2O. The Bertz CT molecular complexity index is 679. The van der Waals surface area contributed by atoms with Crippen LogP contribution in [0.4, 0.5) is 8.78 Å². The highest BCUT2D eigenvalue weighted by Gasteiger charge is 2.20. The molecule has 0 bridgehead atoms. The third kappa shape index (κ3) is 4.17. The highest BCUT2D eigenvalue weighted by molar-refractivity contribution is 5.94. The normalized spacial score (nSPS) is 12.2. The predicted molar refractivity (Wildman–Crippen MR) is 90.9 cm³/mol. The van der Waals surface area contributed by atoms with Gasteiger partial charge in [-0.15, -0.1) is 0 Å². The van der Waals surface area contributed by atoms with Crippen molar-refractivity contribution in [1.82, 2.24) is 10.2 Å². The van der Waals surface area contributed by atoms with Crippen LogP contribution >= 0.6 is 0 Å². The summed E-state index contributed by atoms with van der Waals surface area (Å²) >= 11 is 0. The first-order valence-electron chi connectivity index (χ1n) is 7.91. The molecule has 1 unspecified atom stereocenters. The van der Waals surface area contributed by atoms with Gasteiger partial charge in [-0.2, -0.15) is 0 Å². The summed E-state index contributed by atoms with van der Waals surface area (Å²) in [7, 11) is 3.79. The van der Waals surface area contributed by atoms with E-state index in [1.54, 1.807) is 0 Å². The van der Waals surface area contributed by atoms with Crippen LogP contribution in [-0.2, 0) is 6.42 Å². The van der Waals surface area contributed by atoms with Crippen LogP contribution in [0.3, 0.4) is 0 Å². The van der Waals surface area contributed by atoms with Gasteiger partial charge in [0.25, 0.3) is 5.91 Å².